The fraction of sp³-hybridized carbons (Fsp3) is 0.917. The van der Waals surface area contributed by atoms with Gasteiger partial charge in [-0.1, -0.05) is 15.9 Å². The average molecular weight is 328 g/mol. The molecule has 1 aliphatic carbocycles. The lowest BCUT2D eigenvalue weighted by atomic mass is 9.89. The number of amides is 1. The molecule has 1 N–H and O–H groups in total. The highest BCUT2D eigenvalue weighted by molar-refractivity contribution is 9.09. The van der Waals surface area contributed by atoms with Gasteiger partial charge in [-0.25, -0.2) is 8.78 Å². The Labute approximate surface area is 115 Å². The molecule has 0 heterocycles. The maximum atomic E-state index is 11.8. The number of halogens is 3. The van der Waals surface area contributed by atoms with E-state index in [4.69, 9.17) is 0 Å². The second-order valence-electron chi connectivity index (χ2n) is 4.64. The van der Waals surface area contributed by atoms with Gasteiger partial charge in [0.15, 0.2) is 0 Å². The summed E-state index contributed by atoms with van der Waals surface area (Å²) < 4.78 is 28.2. The molecule has 0 saturated heterocycles. The molecule has 0 aromatic carbocycles. The molecule has 0 unspecified atom stereocenters. The number of nitrogens with one attached hydrogen (secondary N) is 1. The molecule has 1 amide bonds. The number of alkyl halides is 3. The standard InChI is InChI=1S/C12H20BrF2NO2/c13-10-3-1-9(2-4-10)7-16-12(17)5-6-18-8-11(14)15/h9-11H,1-8H2,(H,16,17). The van der Waals surface area contributed by atoms with E-state index in [0.29, 0.717) is 17.3 Å². The molecule has 1 aliphatic rings. The van der Waals surface area contributed by atoms with E-state index in [-0.39, 0.29) is 18.9 Å². The van der Waals surface area contributed by atoms with Crippen LogP contribution in [0.5, 0.6) is 0 Å². The van der Waals surface area contributed by atoms with E-state index in [1.165, 1.54) is 0 Å². The van der Waals surface area contributed by atoms with Crippen LogP contribution in [0, 0.1) is 5.92 Å². The predicted molar refractivity (Wildman–Crippen MR) is 69.1 cm³/mol. The van der Waals surface area contributed by atoms with Crippen molar-refractivity contribution >= 4 is 21.8 Å². The number of rotatable bonds is 7. The molecule has 18 heavy (non-hydrogen) atoms. The van der Waals surface area contributed by atoms with Crippen molar-refractivity contribution in [3.8, 4) is 0 Å². The smallest absolute Gasteiger partial charge is 0.261 e. The predicted octanol–water partition coefficient (Wildman–Crippen LogP) is 2.73. The largest absolute Gasteiger partial charge is 0.375 e. The Morgan fingerprint density at radius 2 is 2.00 bits per heavy atom. The minimum absolute atomic E-state index is 0.0598. The molecule has 0 aliphatic heterocycles. The van der Waals surface area contributed by atoms with Crippen molar-refractivity contribution < 1.29 is 18.3 Å². The van der Waals surface area contributed by atoms with Crippen LogP contribution in [0.2, 0.25) is 0 Å². The van der Waals surface area contributed by atoms with Crippen LogP contribution in [-0.4, -0.2) is 36.9 Å². The number of ether oxygens (including phenoxy) is 1. The van der Waals surface area contributed by atoms with Crippen LogP contribution in [0.4, 0.5) is 8.78 Å². The summed E-state index contributed by atoms with van der Waals surface area (Å²) in [5, 5.41) is 2.83. The van der Waals surface area contributed by atoms with Crippen LogP contribution in [-0.2, 0) is 9.53 Å². The molecule has 6 heteroatoms. The molecule has 0 spiro atoms. The minimum atomic E-state index is -2.47. The molecule has 0 aromatic rings. The summed E-state index contributed by atoms with van der Waals surface area (Å²) in [5.74, 6) is 0.426. The first-order valence-corrected chi connectivity index (χ1v) is 7.26. The van der Waals surface area contributed by atoms with E-state index in [2.05, 4.69) is 26.0 Å². The fourth-order valence-corrected chi connectivity index (χ4v) is 2.54. The molecule has 3 nitrogen and oxygen atoms in total. The van der Waals surface area contributed by atoms with Gasteiger partial charge >= 0.3 is 0 Å². The summed E-state index contributed by atoms with van der Waals surface area (Å²) in [4.78, 5) is 12.0. The summed E-state index contributed by atoms with van der Waals surface area (Å²) >= 11 is 3.58. The molecule has 0 radical (unpaired) electrons. The van der Waals surface area contributed by atoms with Gasteiger partial charge in [0, 0.05) is 17.8 Å². The summed E-state index contributed by atoms with van der Waals surface area (Å²) in [7, 11) is 0. The van der Waals surface area contributed by atoms with Crippen molar-refractivity contribution in [3.05, 3.63) is 0 Å². The molecule has 1 fully saturated rings. The van der Waals surface area contributed by atoms with Gasteiger partial charge in [-0.2, -0.15) is 0 Å². The Balaban J connectivity index is 1.99. The van der Waals surface area contributed by atoms with Crippen LogP contribution in [0.15, 0.2) is 0 Å². The third kappa shape index (κ3) is 7.26. The van der Waals surface area contributed by atoms with Crippen molar-refractivity contribution in [1.29, 1.82) is 0 Å². The van der Waals surface area contributed by atoms with Gasteiger partial charge in [-0.05, 0) is 31.6 Å². The number of carbonyl (C=O) groups excluding carboxylic acids is 1. The van der Waals surface area contributed by atoms with Crippen LogP contribution in [0.1, 0.15) is 32.1 Å². The van der Waals surface area contributed by atoms with Crippen LogP contribution < -0.4 is 5.32 Å². The first kappa shape index (κ1) is 15.8. The quantitative estimate of drug-likeness (QED) is 0.576. The van der Waals surface area contributed by atoms with E-state index in [0.717, 1.165) is 25.7 Å². The maximum Gasteiger partial charge on any atom is 0.261 e. The zero-order chi connectivity index (χ0) is 13.4. The molecular formula is C12H20BrF2NO2. The number of carbonyl (C=O) groups is 1. The Bertz CT molecular complexity index is 246. The summed E-state index contributed by atoms with van der Waals surface area (Å²) in [5.41, 5.74) is 0. The Hall–Kier alpha value is -0.230. The second kappa shape index (κ2) is 8.80. The topological polar surface area (TPSA) is 38.3 Å². The van der Waals surface area contributed by atoms with Crippen LogP contribution >= 0.6 is 15.9 Å². The number of hydrogen-bond donors (Lipinski definition) is 1. The van der Waals surface area contributed by atoms with Crippen LogP contribution in [0.3, 0.4) is 0 Å². The lowest BCUT2D eigenvalue weighted by molar-refractivity contribution is -0.122. The van der Waals surface area contributed by atoms with E-state index < -0.39 is 13.0 Å². The molecule has 0 bridgehead atoms. The lowest BCUT2D eigenvalue weighted by Gasteiger charge is -2.25. The molecule has 1 saturated carbocycles. The zero-order valence-corrected chi connectivity index (χ0v) is 11.9. The van der Waals surface area contributed by atoms with Gasteiger partial charge in [0.2, 0.25) is 5.91 Å². The highest BCUT2D eigenvalue weighted by Gasteiger charge is 2.19. The van der Waals surface area contributed by atoms with Gasteiger partial charge in [-0.3, -0.25) is 4.79 Å². The number of hydrogen-bond acceptors (Lipinski definition) is 2. The third-order valence-corrected chi connectivity index (χ3v) is 4.00. The molecule has 0 aromatic heterocycles. The fourth-order valence-electron chi connectivity index (χ4n) is 2.01. The van der Waals surface area contributed by atoms with Gasteiger partial charge in [0.05, 0.1) is 6.61 Å². The first-order chi connectivity index (χ1) is 8.58. The maximum absolute atomic E-state index is 11.8. The van der Waals surface area contributed by atoms with Gasteiger partial charge in [-0.15, -0.1) is 0 Å². The minimum Gasteiger partial charge on any atom is -0.375 e. The Kier molecular flexibility index (Phi) is 7.74. The van der Waals surface area contributed by atoms with Gasteiger partial charge in [0.1, 0.15) is 6.61 Å². The molecular weight excluding hydrogens is 308 g/mol. The van der Waals surface area contributed by atoms with Crippen molar-refractivity contribution in [1.82, 2.24) is 5.32 Å². The highest BCUT2D eigenvalue weighted by atomic mass is 79.9. The normalized spacial score (nSPS) is 24.2. The lowest BCUT2D eigenvalue weighted by Crippen LogP contribution is -2.32. The molecule has 106 valence electrons. The average Bonchev–Trinajstić information content (AvgIpc) is 2.34. The van der Waals surface area contributed by atoms with E-state index in [9.17, 15) is 13.6 Å². The first-order valence-electron chi connectivity index (χ1n) is 6.34. The highest BCUT2D eigenvalue weighted by Crippen LogP contribution is 2.28. The third-order valence-electron chi connectivity index (χ3n) is 3.08. The van der Waals surface area contributed by atoms with Crippen LogP contribution in [0.25, 0.3) is 0 Å². The monoisotopic (exact) mass is 327 g/mol. The zero-order valence-electron chi connectivity index (χ0n) is 10.3. The SMILES string of the molecule is O=C(CCOCC(F)F)NCC1CCC(Br)CC1. The van der Waals surface area contributed by atoms with Crippen molar-refractivity contribution in [2.24, 2.45) is 5.92 Å². The second-order valence-corrected chi connectivity index (χ2v) is 5.93. The summed E-state index contributed by atoms with van der Waals surface area (Å²) in [6, 6.07) is 0. The summed E-state index contributed by atoms with van der Waals surface area (Å²) in [6.45, 7) is 0.153. The van der Waals surface area contributed by atoms with Crippen molar-refractivity contribution in [3.63, 3.8) is 0 Å². The van der Waals surface area contributed by atoms with Crippen molar-refractivity contribution in [2.75, 3.05) is 19.8 Å². The Morgan fingerprint density at radius 3 is 2.61 bits per heavy atom. The molecule has 1 rings (SSSR count). The Morgan fingerprint density at radius 1 is 1.33 bits per heavy atom. The molecule has 0 atom stereocenters. The van der Waals surface area contributed by atoms with Gasteiger partial charge in [0.25, 0.3) is 6.43 Å². The van der Waals surface area contributed by atoms with Crippen molar-refractivity contribution in [2.45, 2.75) is 43.4 Å². The van der Waals surface area contributed by atoms with Gasteiger partial charge < -0.3 is 10.1 Å². The van der Waals surface area contributed by atoms with E-state index in [1.807, 2.05) is 0 Å². The van der Waals surface area contributed by atoms with E-state index >= 15 is 0 Å². The summed E-state index contributed by atoms with van der Waals surface area (Å²) in [6.07, 6.45) is 2.24. The van der Waals surface area contributed by atoms with E-state index in [1.54, 1.807) is 0 Å².